The Bertz CT molecular complexity index is 343. The lowest BCUT2D eigenvalue weighted by Crippen LogP contribution is -2.34. The molecule has 0 aliphatic heterocycles. The van der Waals surface area contributed by atoms with E-state index in [0.717, 1.165) is 6.54 Å². The fourth-order valence-electron chi connectivity index (χ4n) is 2.89. The summed E-state index contributed by atoms with van der Waals surface area (Å²) in [5.41, 5.74) is 1.17. The predicted octanol–water partition coefficient (Wildman–Crippen LogP) is 3.94. The normalized spacial score (nSPS) is 17.7. The third-order valence-electron chi connectivity index (χ3n) is 3.77. The second kappa shape index (κ2) is 5.95. The molecule has 2 nitrogen and oxygen atoms in total. The molecule has 1 fully saturated rings. The quantitative estimate of drug-likeness (QED) is 0.799. The maximum absolute atomic E-state index is 9.58. The van der Waals surface area contributed by atoms with Crippen molar-refractivity contribution < 1.29 is 5.11 Å². The van der Waals surface area contributed by atoms with Crippen LogP contribution in [-0.2, 0) is 0 Å². The molecular formula is C15H23NO. The first-order chi connectivity index (χ1) is 8.31. The van der Waals surface area contributed by atoms with Gasteiger partial charge in [-0.15, -0.1) is 0 Å². The summed E-state index contributed by atoms with van der Waals surface area (Å²) in [5, 5.41) is 9.58. The SMILES string of the molecule is CCN(c1cccc(O)c1)C1CCCCCC1. The largest absolute Gasteiger partial charge is 0.508 e. The number of hydrogen-bond donors (Lipinski definition) is 1. The molecule has 0 unspecified atom stereocenters. The summed E-state index contributed by atoms with van der Waals surface area (Å²) in [5.74, 6) is 0.370. The number of anilines is 1. The predicted molar refractivity (Wildman–Crippen MR) is 72.6 cm³/mol. The van der Waals surface area contributed by atoms with Gasteiger partial charge in [0.1, 0.15) is 5.75 Å². The number of nitrogens with zero attached hydrogens (tertiary/aromatic N) is 1. The van der Waals surface area contributed by atoms with Gasteiger partial charge in [0, 0.05) is 24.3 Å². The molecule has 0 spiro atoms. The molecule has 94 valence electrons. The minimum atomic E-state index is 0.370. The molecule has 0 aromatic heterocycles. The number of phenolic OH excluding ortho intramolecular Hbond substituents is 1. The Hall–Kier alpha value is -1.18. The lowest BCUT2D eigenvalue weighted by molar-refractivity contribution is 0.474. The van der Waals surface area contributed by atoms with E-state index in [1.807, 2.05) is 12.1 Å². The Morgan fingerprint density at radius 3 is 2.47 bits per heavy atom. The van der Waals surface area contributed by atoms with E-state index in [4.69, 9.17) is 0 Å². The molecule has 1 aliphatic carbocycles. The summed E-state index contributed by atoms with van der Waals surface area (Å²) in [4.78, 5) is 2.45. The second-order valence-corrected chi connectivity index (χ2v) is 4.95. The van der Waals surface area contributed by atoms with Crippen molar-refractivity contribution >= 4 is 5.69 Å². The third-order valence-corrected chi connectivity index (χ3v) is 3.77. The van der Waals surface area contributed by atoms with Gasteiger partial charge in [-0.1, -0.05) is 31.7 Å². The molecule has 1 saturated carbocycles. The topological polar surface area (TPSA) is 23.5 Å². The van der Waals surface area contributed by atoms with Crippen molar-refractivity contribution in [3.63, 3.8) is 0 Å². The van der Waals surface area contributed by atoms with Crippen LogP contribution in [0.1, 0.15) is 45.4 Å². The van der Waals surface area contributed by atoms with Crippen LogP contribution in [0, 0.1) is 0 Å². The van der Waals surface area contributed by atoms with Crippen molar-refractivity contribution in [2.24, 2.45) is 0 Å². The molecule has 0 heterocycles. The standard InChI is InChI=1S/C15H23NO/c1-2-16(13-8-5-3-4-6-9-13)14-10-7-11-15(17)12-14/h7,10-13,17H,2-6,8-9H2,1H3. The van der Waals surface area contributed by atoms with Crippen LogP contribution in [0.15, 0.2) is 24.3 Å². The fraction of sp³-hybridized carbons (Fsp3) is 0.600. The Morgan fingerprint density at radius 1 is 1.18 bits per heavy atom. The smallest absolute Gasteiger partial charge is 0.117 e. The van der Waals surface area contributed by atoms with E-state index in [2.05, 4.69) is 17.9 Å². The van der Waals surface area contributed by atoms with E-state index in [1.165, 1.54) is 44.2 Å². The third kappa shape index (κ3) is 3.15. The molecule has 1 aromatic rings. The monoisotopic (exact) mass is 233 g/mol. The van der Waals surface area contributed by atoms with Gasteiger partial charge < -0.3 is 10.0 Å². The van der Waals surface area contributed by atoms with Gasteiger partial charge in [0.15, 0.2) is 0 Å². The zero-order valence-electron chi connectivity index (χ0n) is 10.7. The van der Waals surface area contributed by atoms with Crippen LogP contribution < -0.4 is 4.90 Å². The molecule has 17 heavy (non-hydrogen) atoms. The molecule has 0 saturated heterocycles. The molecule has 0 bridgehead atoms. The highest BCUT2D eigenvalue weighted by Crippen LogP contribution is 2.28. The minimum absolute atomic E-state index is 0.370. The van der Waals surface area contributed by atoms with Crippen molar-refractivity contribution in [1.29, 1.82) is 0 Å². The molecule has 0 radical (unpaired) electrons. The summed E-state index contributed by atoms with van der Waals surface area (Å²) in [7, 11) is 0. The first-order valence-corrected chi connectivity index (χ1v) is 6.87. The average Bonchev–Trinajstić information content (AvgIpc) is 2.59. The van der Waals surface area contributed by atoms with Gasteiger partial charge in [-0.05, 0) is 31.9 Å². The van der Waals surface area contributed by atoms with Gasteiger partial charge in [0.2, 0.25) is 0 Å². The van der Waals surface area contributed by atoms with Gasteiger partial charge >= 0.3 is 0 Å². The zero-order valence-corrected chi connectivity index (χ0v) is 10.7. The van der Waals surface area contributed by atoms with Gasteiger partial charge in [-0.3, -0.25) is 0 Å². The van der Waals surface area contributed by atoms with E-state index < -0.39 is 0 Å². The van der Waals surface area contributed by atoms with Gasteiger partial charge in [0.25, 0.3) is 0 Å². The van der Waals surface area contributed by atoms with E-state index >= 15 is 0 Å². The van der Waals surface area contributed by atoms with E-state index in [-0.39, 0.29) is 0 Å². The molecule has 1 aliphatic rings. The highest BCUT2D eigenvalue weighted by atomic mass is 16.3. The Morgan fingerprint density at radius 2 is 1.88 bits per heavy atom. The number of hydrogen-bond acceptors (Lipinski definition) is 2. The molecular weight excluding hydrogens is 210 g/mol. The van der Waals surface area contributed by atoms with E-state index in [0.29, 0.717) is 11.8 Å². The number of benzene rings is 1. The number of phenols is 1. The summed E-state index contributed by atoms with van der Waals surface area (Å²) in [6, 6.07) is 8.32. The van der Waals surface area contributed by atoms with E-state index in [1.54, 1.807) is 6.07 Å². The molecule has 2 rings (SSSR count). The van der Waals surface area contributed by atoms with Crippen molar-refractivity contribution in [3.8, 4) is 5.75 Å². The summed E-state index contributed by atoms with van der Waals surface area (Å²) in [6.07, 6.45) is 8.05. The van der Waals surface area contributed by atoms with Crippen LogP contribution in [0.5, 0.6) is 5.75 Å². The molecule has 0 amide bonds. The first-order valence-electron chi connectivity index (χ1n) is 6.87. The van der Waals surface area contributed by atoms with Gasteiger partial charge in [-0.2, -0.15) is 0 Å². The lowest BCUT2D eigenvalue weighted by Gasteiger charge is -2.32. The summed E-state index contributed by atoms with van der Waals surface area (Å²) < 4.78 is 0. The molecule has 1 N–H and O–H groups in total. The van der Waals surface area contributed by atoms with Crippen molar-refractivity contribution in [3.05, 3.63) is 24.3 Å². The Kier molecular flexibility index (Phi) is 4.29. The Labute approximate surface area is 104 Å². The molecule has 0 atom stereocenters. The van der Waals surface area contributed by atoms with Crippen molar-refractivity contribution in [2.45, 2.75) is 51.5 Å². The van der Waals surface area contributed by atoms with E-state index in [9.17, 15) is 5.11 Å². The summed E-state index contributed by atoms with van der Waals surface area (Å²) >= 11 is 0. The van der Waals surface area contributed by atoms with Gasteiger partial charge in [0.05, 0.1) is 0 Å². The second-order valence-electron chi connectivity index (χ2n) is 4.95. The van der Waals surface area contributed by atoms with Crippen LogP contribution in [0.3, 0.4) is 0 Å². The van der Waals surface area contributed by atoms with Gasteiger partial charge in [-0.25, -0.2) is 0 Å². The highest BCUT2D eigenvalue weighted by Gasteiger charge is 2.19. The Balaban J connectivity index is 2.14. The fourth-order valence-corrected chi connectivity index (χ4v) is 2.89. The van der Waals surface area contributed by atoms with Crippen LogP contribution >= 0.6 is 0 Å². The maximum Gasteiger partial charge on any atom is 0.117 e. The molecule has 1 aromatic carbocycles. The average molecular weight is 233 g/mol. The minimum Gasteiger partial charge on any atom is -0.508 e. The van der Waals surface area contributed by atoms with Crippen LogP contribution in [0.4, 0.5) is 5.69 Å². The van der Waals surface area contributed by atoms with Crippen LogP contribution in [0.2, 0.25) is 0 Å². The van der Waals surface area contributed by atoms with Crippen molar-refractivity contribution in [2.75, 3.05) is 11.4 Å². The zero-order chi connectivity index (χ0) is 12.1. The molecule has 2 heteroatoms. The first kappa shape index (κ1) is 12.3. The number of rotatable bonds is 3. The summed E-state index contributed by atoms with van der Waals surface area (Å²) in [6.45, 7) is 3.23. The lowest BCUT2D eigenvalue weighted by atomic mass is 10.1. The van der Waals surface area contributed by atoms with Crippen LogP contribution in [0.25, 0.3) is 0 Å². The highest BCUT2D eigenvalue weighted by molar-refractivity contribution is 5.51. The number of aromatic hydroxyl groups is 1. The van der Waals surface area contributed by atoms with Crippen molar-refractivity contribution in [1.82, 2.24) is 0 Å². The maximum atomic E-state index is 9.58. The van der Waals surface area contributed by atoms with Crippen LogP contribution in [-0.4, -0.2) is 17.7 Å².